The van der Waals surface area contributed by atoms with Crippen LogP contribution in [-0.2, 0) is 9.59 Å². The van der Waals surface area contributed by atoms with Crippen LogP contribution in [0, 0.1) is 0 Å². The number of amides is 2. The zero-order valence-corrected chi connectivity index (χ0v) is 16.8. The molecule has 1 heterocycles. The molecule has 2 aromatic rings. The minimum Gasteiger partial charge on any atom is -0.496 e. The SMILES string of the molecule is COc1ccccc1/C=C1\SC(=S)N(CCC(=O)NNc2ccccc2)C1=O. The van der Waals surface area contributed by atoms with Crippen LogP contribution in [0.2, 0.25) is 0 Å². The fraction of sp³-hybridized carbons (Fsp3) is 0.150. The van der Waals surface area contributed by atoms with Crippen molar-refractivity contribution in [1.29, 1.82) is 0 Å². The molecule has 0 aliphatic carbocycles. The second-order valence-corrected chi connectivity index (χ2v) is 7.54. The molecule has 1 aliphatic heterocycles. The van der Waals surface area contributed by atoms with Gasteiger partial charge < -0.3 is 4.74 Å². The summed E-state index contributed by atoms with van der Waals surface area (Å²) < 4.78 is 5.76. The third kappa shape index (κ3) is 4.90. The average Bonchev–Trinajstić information content (AvgIpc) is 2.98. The van der Waals surface area contributed by atoms with E-state index in [1.165, 1.54) is 16.7 Å². The highest BCUT2D eigenvalue weighted by Gasteiger charge is 2.32. The molecule has 8 heteroatoms. The van der Waals surface area contributed by atoms with Crippen molar-refractivity contribution in [3.05, 3.63) is 65.1 Å². The van der Waals surface area contributed by atoms with E-state index in [0.717, 1.165) is 11.3 Å². The van der Waals surface area contributed by atoms with Gasteiger partial charge in [0.05, 0.1) is 17.7 Å². The van der Waals surface area contributed by atoms with Crippen molar-refractivity contribution < 1.29 is 14.3 Å². The molecule has 28 heavy (non-hydrogen) atoms. The molecule has 6 nitrogen and oxygen atoms in total. The number of hydrazine groups is 1. The molecule has 1 saturated heterocycles. The average molecular weight is 414 g/mol. The molecule has 0 bridgehead atoms. The first-order valence-corrected chi connectivity index (χ1v) is 9.79. The number of methoxy groups -OCH3 is 1. The largest absolute Gasteiger partial charge is 0.496 e. The van der Waals surface area contributed by atoms with Crippen LogP contribution < -0.4 is 15.6 Å². The van der Waals surface area contributed by atoms with E-state index < -0.39 is 0 Å². The summed E-state index contributed by atoms with van der Waals surface area (Å²) in [6, 6.07) is 16.7. The number of hydrogen-bond acceptors (Lipinski definition) is 6. The molecule has 2 amide bonds. The van der Waals surface area contributed by atoms with Crippen LogP contribution in [0.3, 0.4) is 0 Å². The van der Waals surface area contributed by atoms with E-state index >= 15 is 0 Å². The Morgan fingerprint density at radius 3 is 2.64 bits per heavy atom. The molecule has 1 aliphatic rings. The number of thioether (sulfide) groups is 1. The summed E-state index contributed by atoms with van der Waals surface area (Å²) in [5, 5.41) is 0. The fourth-order valence-electron chi connectivity index (χ4n) is 2.56. The quantitative estimate of drug-likeness (QED) is 0.412. The van der Waals surface area contributed by atoms with Crippen molar-refractivity contribution in [3.8, 4) is 5.75 Å². The number of benzene rings is 2. The molecule has 3 rings (SSSR count). The molecule has 1 fully saturated rings. The summed E-state index contributed by atoms with van der Waals surface area (Å²) in [5.74, 6) is 0.246. The summed E-state index contributed by atoms with van der Waals surface area (Å²) in [6.07, 6.45) is 1.89. The van der Waals surface area contributed by atoms with Crippen molar-refractivity contribution in [3.63, 3.8) is 0 Å². The van der Waals surface area contributed by atoms with Crippen LogP contribution in [0.5, 0.6) is 5.75 Å². The third-order valence-electron chi connectivity index (χ3n) is 3.98. The van der Waals surface area contributed by atoms with Gasteiger partial charge in [-0.1, -0.05) is 60.4 Å². The van der Waals surface area contributed by atoms with E-state index in [-0.39, 0.29) is 24.8 Å². The van der Waals surface area contributed by atoms with Gasteiger partial charge in [0.2, 0.25) is 5.91 Å². The second-order valence-electron chi connectivity index (χ2n) is 5.86. The van der Waals surface area contributed by atoms with Gasteiger partial charge in [0.1, 0.15) is 10.1 Å². The number of carbonyl (C=O) groups excluding carboxylic acids is 2. The van der Waals surface area contributed by atoms with E-state index in [1.807, 2.05) is 54.6 Å². The zero-order valence-electron chi connectivity index (χ0n) is 15.2. The molecule has 0 unspecified atom stereocenters. The summed E-state index contributed by atoms with van der Waals surface area (Å²) in [4.78, 5) is 26.7. The first-order chi connectivity index (χ1) is 13.6. The lowest BCUT2D eigenvalue weighted by atomic mass is 10.2. The lowest BCUT2D eigenvalue weighted by molar-refractivity contribution is -0.123. The van der Waals surface area contributed by atoms with Crippen LogP contribution in [0.1, 0.15) is 12.0 Å². The maximum Gasteiger partial charge on any atom is 0.266 e. The molecule has 2 aromatic carbocycles. The van der Waals surface area contributed by atoms with Crippen LogP contribution in [0.4, 0.5) is 5.69 Å². The Morgan fingerprint density at radius 2 is 1.89 bits per heavy atom. The number of ether oxygens (including phenoxy) is 1. The van der Waals surface area contributed by atoms with Crippen molar-refractivity contribution in [2.75, 3.05) is 19.1 Å². The number of rotatable bonds is 7. The highest BCUT2D eigenvalue weighted by Crippen LogP contribution is 2.34. The normalized spacial score (nSPS) is 15.0. The topological polar surface area (TPSA) is 70.7 Å². The highest BCUT2D eigenvalue weighted by molar-refractivity contribution is 8.26. The molecule has 144 valence electrons. The maximum absolute atomic E-state index is 12.7. The number of para-hydroxylation sites is 2. The van der Waals surface area contributed by atoms with Gasteiger partial charge in [0.25, 0.3) is 5.91 Å². The highest BCUT2D eigenvalue weighted by atomic mass is 32.2. The fourth-order valence-corrected chi connectivity index (χ4v) is 3.86. The van der Waals surface area contributed by atoms with E-state index in [1.54, 1.807) is 13.2 Å². The number of anilines is 1. The first kappa shape index (κ1) is 19.9. The van der Waals surface area contributed by atoms with E-state index in [2.05, 4.69) is 10.9 Å². The number of nitrogens with one attached hydrogen (secondary N) is 2. The van der Waals surface area contributed by atoms with Crippen LogP contribution in [0.15, 0.2) is 59.5 Å². The summed E-state index contributed by atoms with van der Waals surface area (Å²) >= 11 is 6.54. The number of hydrogen-bond donors (Lipinski definition) is 2. The van der Waals surface area contributed by atoms with Crippen molar-refractivity contribution >= 4 is 51.9 Å². The Hall–Kier alpha value is -2.84. The van der Waals surface area contributed by atoms with Crippen LogP contribution >= 0.6 is 24.0 Å². The predicted octanol–water partition coefficient (Wildman–Crippen LogP) is 3.43. The van der Waals surface area contributed by atoms with Gasteiger partial charge in [0.15, 0.2) is 0 Å². The Morgan fingerprint density at radius 1 is 1.18 bits per heavy atom. The monoisotopic (exact) mass is 413 g/mol. The predicted molar refractivity (Wildman–Crippen MR) is 116 cm³/mol. The van der Waals surface area contributed by atoms with Gasteiger partial charge in [-0.3, -0.25) is 25.3 Å². The van der Waals surface area contributed by atoms with Gasteiger partial charge in [-0.15, -0.1) is 0 Å². The molecule has 0 spiro atoms. The summed E-state index contributed by atoms with van der Waals surface area (Å²) in [6.45, 7) is 0.218. The lowest BCUT2D eigenvalue weighted by Gasteiger charge is -2.14. The van der Waals surface area contributed by atoms with E-state index in [4.69, 9.17) is 17.0 Å². The van der Waals surface area contributed by atoms with Gasteiger partial charge in [-0.05, 0) is 24.3 Å². The van der Waals surface area contributed by atoms with Gasteiger partial charge >= 0.3 is 0 Å². The third-order valence-corrected chi connectivity index (χ3v) is 5.36. The summed E-state index contributed by atoms with van der Waals surface area (Å²) in [5.41, 5.74) is 7.02. The Balaban J connectivity index is 1.58. The van der Waals surface area contributed by atoms with Gasteiger partial charge in [-0.25, -0.2) is 0 Å². The minimum absolute atomic E-state index is 0.133. The lowest BCUT2D eigenvalue weighted by Crippen LogP contribution is -2.35. The molecule has 0 atom stereocenters. The van der Waals surface area contributed by atoms with E-state index in [0.29, 0.717) is 15.0 Å². The second kappa shape index (κ2) is 9.38. The van der Waals surface area contributed by atoms with Gasteiger partial charge in [0, 0.05) is 18.5 Å². The van der Waals surface area contributed by atoms with Gasteiger partial charge in [-0.2, -0.15) is 0 Å². The molecular weight excluding hydrogens is 394 g/mol. The first-order valence-electron chi connectivity index (χ1n) is 8.57. The molecule has 0 radical (unpaired) electrons. The van der Waals surface area contributed by atoms with E-state index in [9.17, 15) is 9.59 Å². The minimum atomic E-state index is -0.230. The molecule has 2 N–H and O–H groups in total. The smallest absolute Gasteiger partial charge is 0.266 e. The van der Waals surface area contributed by atoms with Crippen LogP contribution in [-0.4, -0.2) is 34.7 Å². The molecule has 0 saturated carbocycles. The Kier molecular flexibility index (Phi) is 6.67. The van der Waals surface area contributed by atoms with Crippen molar-refractivity contribution in [2.24, 2.45) is 0 Å². The Labute approximate surface area is 172 Å². The van der Waals surface area contributed by atoms with Crippen molar-refractivity contribution in [1.82, 2.24) is 10.3 Å². The maximum atomic E-state index is 12.7. The summed E-state index contributed by atoms with van der Waals surface area (Å²) in [7, 11) is 1.58. The van der Waals surface area contributed by atoms with Crippen LogP contribution in [0.25, 0.3) is 6.08 Å². The zero-order chi connectivity index (χ0) is 19.9. The Bertz CT molecular complexity index is 916. The molecular formula is C20H19N3O3S2. The standard InChI is InChI=1S/C20H19N3O3S2/c1-26-16-10-6-5-7-14(16)13-17-19(25)23(20(27)28-17)12-11-18(24)22-21-15-8-3-2-4-9-15/h2-10,13,21H,11-12H2,1H3,(H,22,24)/b17-13-. The number of nitrogens with zero attached hydrogens (tertiary/aromatic N) is 1. The molecule has 0 aromatic heterocycles. The van der Waals surface area contributed by atoms with Crippen molar-refractivity contribution in [2.45, 2.75) is 6.42 Å². The number of thiocarbonyl (C=S) groups is 1. The number of carbonyl (C=O) groups is 2.